The van der Waals surface area contributed by atoms with Gasteiger partial charge in [0, 0.05) is 13.1 Å². The second-order valence-electron chi connectivity index (χ2n) is 2.89. The van der Waals surface area contributed by atoms with Crippen LogP contribution in [-0.2, 0) is 13.1 Å². The summed E-state index contributed by atoms with van der Waals surface area (Å²) >= 11 is 1.56. The molecule has 11 heavy (non-hydrogen) atoms. The van der Waals surface area contributed by atoms with Crippen molar-refractivity contribution in [3.8, 4) is 0 Å². The van der Waals surface area contributed by atoms with E-state index in [1.165, 1.54) is 11.1 Å². The first kappa shape index (κ1) is 7.00. The Balaban J connectivity index is 2.44. The van der Waals surface area contributed by atoms with E-state index in [-0.39, 0.29) is 0 Å². The van der Waals surface area contributed by atoms with Gasteiger partial charge in [0.1, 0.15) is 0 Å². The fourth-order valence-corrected chi connectivity index (χ4v) is 2.34. The van der Waals surface area contributed by atoms with Gasteiger partial charge in [0.15, 0.2) is 6.29 Å². The van der Waals surface area contributed by atoms with Crippen molar-refractivity contribution in [3.63, 3.8) is 0 Å². The summed E-state index contributed by atoms with van der Waals surface area (Å²) in [6.45, 7) is 1.94. The Labute approximate surface area is 69.4 Å². The van der Waals surface area contributed by atoms with Gasteiger partial charge >= 0.3 is 0 Å². The average molecular weight is 167 g/mol. The minimum atomic E-state index is 0.907. The van der Waals surface area contributed by atoms with Crippen LogP contribution in [0.25, 0.3) is 0 Å². The lowest BCUT2D eigenvalue weighted by atomic mass is 10.2. The highest BCUT2D eigenvalue weighted by Gasteiger charge is 2.19. The van der Waals surface area contributed by atoms with Crippen LogP contribution in [0.2, 0.25) is 0 Å². The number of thiophene rings is 1. The Bertz CT molecular complexity index is 292. The van der Waals surface area contributed by atoms with Gasteiger partial charge in [-0.15, -0.1) is 11.3 Å². The number of nitrogens with zero attached hydrogens (tertiary/aromatic N) is 1. The zero-order valence-corrected chi connectivity index (χ0v) is 7.15. The van der Waals surface area contributed by atoms with Crippen molar-refractivity contribution in [2.75, 3.05) is 7.05 Å². The third-order valence-electron chi connectivity index (χ3n) is 1.99. The van der Waals surface area contributed by atoms with Crippen LogP contribution in [0.15, 0.2) is 5.38 Å². The molecule has 1 aliphatic heterocycles. The largest absolute Gasteiger partial charge is 0.298 e. The van der Waals surface area contributed by atoms with E-state index in [4.69, 9.17) is 0 Å². The van der Waals surface area contributed by atoms with E-state index < -0.39 is 0 Å². The second kappa shape index (κ2) is 2.43. The van der Waals surface area contributed by atoms with Gasteiger partial charge in [0.05, 0.1) is 4.88 Å². The number of rotatable bonds is 1. The van der Waals surface area contributed by atoms with Crippen molar-refractivity contribution in [2.45, 2.75) is 13.1 Å². The molecular weight excluding hydrogens is 158 g/mol. The fourth-order valence-electron chi connectivity index (χ4n) is 1.46. The number of aldehydes is 1. The van der Waals surface area contributed by atoms with Crippen LogP contribution in [-0.4, -0.2) is 18.2 Å². The molecule has 0 aliphatic carbocycles. The van der Waals surface area contributed by atoms with Crippen molar-refractivity contribution in [1.82, 2.24) is 4.90 Å². The number of hydrogen-bond acceptors (Lipinski definition) is 3. The summed E-state index contributed by atoms with van der Waals surface area (Å²) in [5.41, 5.74) is 2.58. The summed E-state index contributed by atoms with van der Waals surface area (Å²) in [4.78, 5) is 13.6. The van der Waals surface area contributed by atoms with Crippen LogP contribution >= 0.6 is 11.3 Å². The van der Waals surface area contributed by atoms with Crippen LogP contribution in [0.1, 0.15) is 20.8 Å². The molecule has 2 heterocycles. The molecule has 0 saturated heterocycles. The van der Waals surface area contributed by atoms with Gasteiger partial charge in [0.2, 0.25) is 0 Å². The second-order valence-corrected chi connectivity index (χ2v) is 3.81. The van der Waals surface area contributed by atoms with E-state index in [0.29, 0.717) is 0 Å². The maximum atomic E-state index is 10.5. The number of hydrogen-bond donors (Lipinski definition) is 0. The SMILES string of the molecule is CN1Cc2csc(C=O)c2C1. The Kier molecular flexibility index (Phi) is 1.55. The smallest absolute Gasteiger partial charge is 0.160 e. The van der Waals surface area contributed by atoms with E-state index in [2.05, 4.69) is 17.3 Å². The van der Waals surface area contributed by atoms with Gasteiger partial charge in [-0.2, -0.15) is 0 Å². The number of carbonyl (C=O) groups is 1. The lowest BCUT2D eigenvalue weighted by Gasteiger charge is -2.04. The standard InChI is InChI=1S/C8H9NOS/c1-9-2-6-5-11-8(4-10)7(6)3-9/h4-5H,2-3H2,1H3. The first-order chi connectivity index (χ1) is 5.31. The Hall–Kier alpha value is -0.670. The van der Waals surface area contributed by atoms with E-state index >= 15 is 0 Å². The molecule has 0 radical (unpaired) electrons. The minimum Gasteiger partial charge on any atom is -0.298 e. The van der Waals surface area contributed by atoms with Crippen molar-refractivity contribution in [1.29, 1.82) is 0 Å². The summed E-state index contributed by atoms with van der Waals surface area (Å²) in [7, 11) is 2.07. The van der Waals surface area contributed by atoms with Gasteiger partial charge < -0.3 is 0 Å². The van der Waals surface area contributed by atoms with Gasteiger partial charge in [0.25, 0.3) is 0 Å². The summed E-state index contributed by atoms with van der Waals surface area (Å²) in [5, 5.41) is 2.09. The molecule has 0 atom stereocenters. The predicted octanol–water partition coefficient (Wildman–Crippen LogP) is 1.51. The van der Waals surface area contributed by atoms with E-state index in [9.17, 15) is 4.79 Å². The Morgan fingerprint density at radius 3 is 3.18 bits per heavy atom. The van der Waals surface area contributed by atoms with E-state index in [1.807, 2.05) is 0 Å². The molecular formula is C8H9NOS. The van der Waals surface area contributed by atoms with Gasteiger partial charge in [-0.3, -0.25) is 9.69 Å². The molecule has 0 N–H and O–H groups in total. The summed E-state index contributed by atoms with van der Waals surface area (Å²) in [6.07, 6.45) is 0.961. The highest BCUT2D eigenvalue weighted by molar-refractivity contribution is 7.12. The normalized spacial score (nSPS) is 16.8. The van der Waals surface area contributed by atoms with Crippen molar-refractivity contribution in [2.24, 2.45) is 0 Å². The predicted molar refractivity (Wildman–Crippen MR) is 44.9 cm³/mol. The topological polar surface area (TPSA) is 20.3 Å². The molecule has 2 nitrogen and oxygen atoms in total. The van der Waals surface area contributed by atoms with E-state index in [0.717, 1.165) is 24.3 Å². The molecule has 1 aromatic rings. The average Bonchev–Trinajstić information content (AvgIpc) is 2.45. The molecule has 1 aromatic heterocycles. The molecule has 0 spiro atoms. The Morgan fingerprint density at radius 2 is 2.45 bits per heavy atom. The van der Waals surface area contributed by atoms with E-state index in [1.54, 1.807) is 11.3 Å². The Morgan fingerprint density at radius 1 is 1.64 bits per heavy atom. The summed E-state index contributed by atoms with van der Waals surface area (Å²) in [5.74, 6) is 0. The molecule has 3 heteroatoms. The minimum absolute atomic E-state index is 0.907. The van der Waals surface area contributed by atoms with Crippen LogP contribution < -0.4 is 0 Å². The molecule has 0 fully saturated rings. The monoisotopic (exact) mass is 167 g/mol. The van der Waals surface area contributed by atoms with Crippen molar-refractivity contribution < 1.29 is 4.79 Å². The lowest BCUT2D eigenvalue weighted by Crippen LogP contribution is -2.08. The zero-order valence-electron chi connectivity index (χ0n) is 6.33. The summed E-state index contributed by atoms with van der Waals surface area (Å²) < 4.78 is 0. The molecule has 1 aliphatic rings. The first-order valence-electron chi connectivity index (χ1n) is 3.54. The summed E-state index contributed by atoms with van der Waals surface area (Å²) in [6, 6.07) is 0. The third kappa shape index (κ3) is 1.01. The number of fused-ring (bicyclic) bond motifs is 1. The third-order valence-corrected chi connectivity index (χ3v) is 2.99. The number of carbonyl (C=O) groups excluding carboxylic acids is 1. The van der Waals surface area contributed by atoms with Crippen molar-refractivity contribution in [3.05, 3.63) is 21.4 Å². The van der Waals surface area contributed by atoms with Gasteiger partial charge in [-0.05, 0) is 23.6 Å². The molecule has 58 valence electrons. The maximum absolute atomic E-state index is 10.5. The highest BCUT2D eigenvalue weighted by atomic mass is 32.1. The molecule has 0 unspecified atom stereocenters. The molecule has 0 amide bonds. The van der Waals surface area contributed by atoms with Crippen LogP contribution in [0.3, 0.4) is 0 Å². The van der Waals surface area contributed by atoms with Crippen LogP contribution in [0, 0.1) is 0 Å². The molecule has 0 aromatic carbocycles. The maximum Gasteiger partial charge on any atom is 0.160 e. The molecule has 0 saturated carbocycles. The van der Waals surface area contributed by atoms with Gasteiger partial charge in [-0.25, -0.2) is 0 Å². The lowest BCUT2D eigenvalue weighted by molar-refractivity contribution is 0.112. The zero-order chi connectivity index (χ0) is 7.84. The quantitative estimate of drug-likeness (QED) is 0.591. The van der Waals surface area contributed by atoms with Crippen molar-refractivity contribution >= 4 is 17.6 Å². The fraction of sp³-hybridized carbons (Fsp3) is 0.375. The molecule has 2 rings (SSSR count). The van der Waals surface area contributed by atoms with Gasteiger partial charge in [-0.1, -0.05) is 0 Å². The van der Waals surface area contributed by atoms with Crippen LogP contribution in [0.5, 0.6) is 0 Å². The first-order valence-corrected chi connectivity index (χ1v) is 4.42. The van der Waals surface area contributed by atoms with Crippen LogP contribution in [0.4, 0.5) is 0 Å². The highest BCUT2D eigenvalue weighted by Crippen LogP contribution is 2.28. The molecule has 0 bridgehead atoms.